The molecule has 5 atom stereocenters. The van der Waals surface area contributed by atoms with E-state index in [0.29, 0.717) is 6.04 Å². The first kappa shape index (κ1) is 14.8. The normalized spacial score (nSPS) is 38.2. The molecule has 5 unspecified atom stereocenters. The maximum atomic E-state index is 6.00. The van der Waals surface area contributed by atoms with Gasteiger partial charge in [-0.15, -0.1) is 0 Å². The highest BCUT2D eigenvalue weighted by atomic mass is 15.3. The number of fused-ring (bicyclic) bond motifs is 2. The predicted octanol–water partition coefficient (Wildman–Crippen LogP) is 2.91. The van der Waals surface area contributed by atoms with Crippen molar-refractivity contribution < 1.29 is 0 Å². The molecule has 3 fully saturated rings. The molecule has 1 aliphatic heterocycles. The van der Waals surface area contributed by atoms with Crippen LogP contribution in [0.2, 0.25) is 0 Å². The van der Waals surface area contributed by atoms with E-state index in [2.05, 4.69) is 24.2 Å². The molecule has 3 nitrogen and oxygen atoms in total. The SMILES string of the molecule is CCC(C)(C(CC1CC2CCC1C2)NN)N1CCCC1. The number of nitrogens with one attached hydrogen (secondary N) is 1. The van der Waals surface area contributed by atoms with Crippen LogP contribution in [0.25, 0.3) is 0 Å². The number of hydrogen-bond donors (Lipinski definition) is 2. The molecule has 0 spiro atoms. The lowest BCUT2D eigenvalue weighted by Gasteiger charge is -2.45. The van der Waals surface area contributed by atoms with Gasteiger partial charge in [0.05, 0.1) is 0 Å². The van der Waals surface area contributed by atoms with E-state index in [0.717, 1.165) is 17.8 Å². The zero-order chi connectivity index (χ0) is 14.2. The minimum atomic E-state index is 0.243. The molecule has 1 heterocycles. The lowest BCUT2D eigenvalue weighted by Crippen LogP contribution is -2.60. The van der Waals surface area contributed by atoms with Gasteiger partial charge in [-0.1, -0.05) is 13.3 Å². The average Bonchev–Trinajstić information content (AvgIpc) is 3.19. The van der Waals surface area contributed by atoms with Crippen LogP contribution in [-0.4, -0.2) is 29.6 Å². The molecule has 3 aliphatic rings. The van der Waals surface area contributed by atoms with Crippen LogP contribution in [-0.2, 0) is 0 Å². The average molecular weight is 279 g/mol. The highest BCUT2D eigenvalue weighted by Gasteiger charge is 2.44. The first-order valence-electron chi connectivity index (χ1n) is 8.88. The smallest absolute Gasteiger partial charge is 0.0394 e. The fraction of sp³-hybridized carbons (Fsp3) is 1.00. The van der Waals surface area contributed by atoms with Crippen LogP contribution in [0.5, 0.6) is 0 Å². The second-order valence-corrected chi connectivity index (χ2v) is 7.79. The van der Waals surface area contributed by atoms with Crippen molar-refractivity contribution in [2.75, 3.05) is 13.1 Å². The van der Waals surface area contributed by atoms with Crippen molar-refractivity contribution in [2.24, 2.45) is 23.6 Å². The van der Waals surface area contributed by atoms with Gasteiger partial charge in [0.15, 0.2) is 0 Å². The molecule has 2 aliphatic carbocycles. The fourth-order valence-corrected chi connectivity index (χ4v) is 5.39. The molecule has 116 valence electrons. The van der Waals surface area contributed by atoms with E-state index in [1.165, 1.54) is 64.5 Å². The van der Waals surface area contributed by atoms with Crippen LogP contribution in [0.15, 0.2) is 0 Å². The number of rotatable bonds is 6. The number of hydrogen-bond acceptors (Lipinski definition) is 3. The molecule has 20 heavy (non-hydrogen) atoms. The van der Waals surface area contributed by atoms with Gasteiger partial charge in [-0.2, -0.15) is 0 Å². The predicted molar refractivity (Wildman–Crippen MR) is 84.2 cm³/mol. The Morgan fingerprint density at radius 2 is 2.00 bits per heavy atom. The van der Waals surface area contributed by atoms with Crippen LogP contribution in [0.3, 0.4) is 0 Å². The van der Waals surface area contributed by atoms with Crippen molar-refractivity contribution in [2.45, 2.75) is 76.8 Å². The second kappa shape index (κ2) is 5.94. The summed E-state index contributed by atoms with van der Waals surface area (Å²) in [5.41, 5.74) is 3.46. The van der Waals surface area contributed by atoms with Gasteiger partial charge in [0.2, 0.25) is 0 Å². The molecule has 2 bridgehead atoms. The summed E-state index contributed by atoms with van der Waals surface area (Å²) in [6.07, 6.45) is 11.2. The number of nitrogens with zero attached hydrogens (tertiary/aromatic N) is 1. The topological polar surface area (TPSA) is 41.3 Å². The number of likely N-dealkylation sites (tertiary alicyclic amines) is 1. The number of hydrazine groups is 1. The molecule has 0 aromatic rings. The van der Waals surface area contributed by atoms with Crippen molar-refractivity contribution in [3.63, 3.8) is 0 Å². The molecule has 0 amide bonds. The third-order valence-corrected chi connectivity index (χ3v) is 6.92. The van der Waals surface area contributed by atoms with Crippen LogP contribution >= 0.6 is 0 Å². The monoisotopic (exact) mass is 279 g/mol. The minimum absolute atomic E-state index is 0.243. The lowest BCUT2D eigenvalue weighted by molar-refractivity contribution is 0.0672. The van der Waals surface area contributed by atoms with E-state index in [9.17, 15) is 0 Å². The molecular weight excluding hydrogens is 246 g/mol. The maximum Gasteiger partial charge on any atom is 0.0394 e. The van der Waals surface area contributed by atoms with Crippen LogP contribution < -0.4 is 11.3 Å². The van der Waals surface area contributed by atoms with Crippen molar-refractivity contribution in [1.82, 2.24) is 10.3 Å². The molecule has 1 saturated heterocycles. The molecular formula is C17H33N3. The maximum absolute atomic E-state index is 6.00. The van der Waals surface area contributed by atoms with Crippen molar-refractivity contribution in [1.29, 1.82) is 0 Å². The largest absolute Gasteiger partial charge is 0.296 e. The summed E-state index contributed by atoms with van der Waals surface area (Å²) in [5.74, 6) is 8.99. The first-order valence-corrected chi connectivity index (χ1v) is 8.88. The van der Waals surface area contributed by atoms with Crippen molar-refractivity contribution in [3.05, 3.63) is 0 Å². The van der Waals surface area contributed by atoms with Crippen LogP contribution in [0, 0.1) is 17.8 Å². The molecule has 2 saturated carbocycles. The van der Waals surface area contributed by atoms with Crippen LogP contribution in [0.1, 0.15) is 65.2 Å². The highest BCUT2D eigenvalue weighted by molar-refractivity contribution is 5.00. The molecule has 0 aromatic heterocycles. The van der Waals surface area contributed by atoms with Gasteiger partial charge in [-0.25, -0.2) is 0 Å². The Hall–Kier alpha value is -0.120. The molecule has 3 rings (SSSR count). The van der Waals surface area contributed by atoms with E-state index in [4.69, 9.17) is 5.84 Å². The van der Waals surface area contributed by atoms with Gasteiger partial charge < -0.3 is 0 Å². The Labute approximate surface area is 124 Å². The van der Waals surface area contributed by atoms with Gasteiger partial charge in [-0.05, 0) is 82.7 Å². The zero-order valence-electron chi connectivity index (χ0n) is 13.4. The van der Waals surface area contributed by atoms with Crippen molar-refractivity contribution in [3.8, 4) is 0 Å². The lowest BCUT2D eigenvalue weighted by atomic mass is 9.77. The van der Waals surface area contributed by atoms with Gasteiger partial charge in [0, 0.05) is 11.6 Å². The Morgan fingerprint density at radius 1 is 1.25 bits per heavy atom. The Kier molecular flexibility index (Phi) is 4.40. The van der Waals surface area contributed by atoms with Gasteiger partial charge in [0.1, 0.15) is 0 Å². The summed E-state index contributed by atoms with van der Waals surface area (Å²) < 4.78 is 0. The fourth-order valence-electron chi connectivity index (χ4n) is 5.39. The minimum Gasteiger partial charge on any atom is -0.296 e. The summed E-state index contributed by atoms with van der Waals surface area (Å²) >= 11 is 0. The van der Waals surface area contributed by atoms with Crippen LogP contribution in [0.4, 0.5) is 0 Å². The van der Waals surface area contributed by atoms with E-state index in [-0.39, 0.29) is 5.54 Å². The standard InChI is InChI=1S/C17H33N3/c1-3-17(2,20-8-4-5-9-20)16(19-18)12-15-11-13-6-7-14(15)10-13/h13-16,19H,3-12,18H2,1-2H3. The van der Waals surface area contributed by atoms with Gasteiger partial charge in [-0.3, -0.25) is 16.2 Å². The molecule has 3 heteroatoms. The third-order valence-electron chi connectivity index (χ3n) is 6.92. The van der Waals surface area contributed by atoms with Gasteiger partial charge in [0.25, 0.3) is 0 Å². The summed E-state index contributed by atoms with van der Waals surface area (Å²) in [5, 5.41) is 0. The summed E-state index contributed by atoms with van der Waals surface area (Å²) in [6, 6.07) is 0.454. The second-order valence-electron chi connectivity index (χ2n) is 7.79. The van der Waals surface area contributed by atoms with E-state index in [1.807, 2.05) is 0 Å². The Balaban J connectivity index is 1.67. The number of nitrogens with two attached hydrogens (primary N) is 1. The van der Waals surface area contributed by atoms with Gasteiger partial charge >= 0.3 is 0 Å². The Bertz CT molecular complexity index is 326. The third kappa shape index (κ3) is 2.53. The molecule has 0 radical (unpaired) electrons. The highest BCUT2D eigenvalue weighted by Crippen LogP contribution is 2.50. The quantitative estimate of drug-likeness (QED) is 0.580. The summed E-state index contributed by atoms with van der Waals surface area (Å²) in [4.78, 5) is 2.70. The summed E-state index contributed by atoms with van der Waals surface area (Å²) in [6.45, 7) is 7.30. The first-order chi connectivity index (χ1) is 9.67. The van der Waals surface area contributed by atoms with Crippen molar-refractivity contribution >= 4 is 0 Å². The Morgan fingerprint density at radius 3 is 2.50 bits per heavy atom. The molecule has 3 N–H and O–H groups in total. The molecule has 0 aromatic carbocycles. The summed E-state index contributed by atoms with van der Waals surface area (Å²) in [7, 11) is 0. The van der Waals surface area contributed by atoms with E-state index >= 15 is 0 Å². The zero-order valence-corrected chi connectivity index (χ0v) is 13.4. The van der Waals surface area contributed by atoms with E-state index in [1.54, 1.807) is 0 Å². The van der Waals surface area contributed by atoms with E-state index < -0.39 is 0 Å².